The highest BCUT2D eigenvalue weighted by Crippen LogP contribution is 2.29. The smallest absolute Gasteiger partial charge is 0.300 e. The molecule has 0 radical (unpaired) electrons. The summed E-state index contributed by atoms with van der Waals surface area (Å²) in [5, 5.41) is 34.3. The van der Waals surface area contributed by atoms with Crippen molar-refractivity contribution >= 4 is 51.8 Å². The molecule has 174 valence electrons. The number of carboxylic acid groups (broad SMARTS) is 1. The van der Waals surface area contributed by atoms with Gasteiger partial charge in [-0.1, -0.05) is 11.3 Å². The van der Waals surface area contributed by atoms with Gasteiger partial charge in [0.2, 0.25) is 5.13 Å². The summed E-state index contributed by atoms with van der Waals surface area (Å²) >= 11 is 1.35. The summed E-state index contributed by atoms with van der Waals surface area (Å²) in [6.45, 7) is 1.08. The lowest BCUT2D eigenvalue weighted by atomic mass is 10.2. The number of aliphatic carboxylic acids is 1. The quantitative estimate of drug-likeness (QED) is 0.205. The number of nitrogens with one attached hydrogen (secondary N) is 3. The second kappa shape index (κ2) is 10.8. The maximum absolute atomic E-state index is 12.3. The van der Waals surface area contributed by atoms with Gasteiger partial charge in [0.1, 0.15) is 10.8 Å². The molecule has 0 fully saturated rings. The van der Waals surface area contributed by atoms with Gasteiger partial charge < -0.3 is 26.9 Å². The monoisotopic (exact) mass is 479 g/mol. The zero-order valence-electron chi connectivity index (χ0n) is 18.2. The van der Waals surface area contributed by atoms with Crippen molar-refractivity contribution in [1.29, 1.82) is 5.41 Å². The third kappa shape index (κ3) is 6.43. The van der Waals surface area contributed by atoms with Crippen LogP contribution in [0.5, 0.6) is 0 Å². The first-order chi connectivity index (χ1) is 16.2. The van der Waals surface area contributed by atoms with Gasteiger partial charge in [0.25, 0.3) is 11.9 Å². The standard InChI is InChI=1S/C19H17N9OS.C2H4O2/c1-28-10-13(9-23-28)17(29)25-16-7-11(4-5-22-16)18-26-27-19(30-18)24-14-2-3-15(21)12(6-14)8-20;1-2(3)4/h2-10,20H,21H2,1H3,(H,24,27)(H,22,25,29);1H3,(H,3,4). The topological polar surface area (TPSA) is 185 Å². The van der Waals surface area contributed by atoms with Crippen molar-refractivity contribution in [2.45, 2.75) is 6.92 Å². The van der Waals surface area contributed by atoms with Gasteiger partial charge in [0.15, 0.2) is 0 Å². The molecular formula is C21H21N9O3S. The number of aryl methyl sites for hydroxylation is 1. The highest BCUT2D eigenvalue weighted by Gasteiger charge is 2.12. The Labute approximate surface area is 198 Å². The van der Waals surface area contributed by atoms with Crippen molar-refractivity contribution in [2.75, 3.05) is 16.4 Å². The lowest BCUT2D eigenvalue weighted by molar-refractivity contribution is -0.134. The molecule has 1 aromatic carbocycles. The van der Waals surface area contributed by atoms with E-state index in [1.807, 2.05) is 6.07 Å². The van der Waals surface area contributed by atoms with Gasteiger partial charge in [-0.15, -0.1) is 10.2 Å². The van der Waals surface area contributed by atoms with Crippen molar-refractivity contribution in [2.24, 2.45) is 7.05 Å². The first-order valence-corrected chi connectivity index (χ1v) is 10.5. The fraction of sp³-hybridized carbons (Fsp3) is 0.0952. The number of anilines is 4. The largest absolute Gasteiger partial charge is 0.481 e. The van der Waals surface area contributed by atoms with Crippen LogP contribution in [0.15, 0.2) is 48.9 Å². The van der Waals surface area contributed by atoms with Crippen molar-refractivity contribution < 1.29 is 14.7 Å². The molecule has 0 unspecified atom stereocenters. The number of rotatable bonds is 6. The van der Waals surface area contributed by atoms with E-state index in [1.165, 1.54) is 23.7 Å². The van der Waals surface area contributed by atoms with Crippen molar-refractivity contribution in [3.63, 3.8) is 0 Å². The molecule has 3 heterocycles. The maximum atomic E-state index is 12.3. The lowest BCUT2D eigenvalue weighted by Crippen LogP contribution is -2.12. The number of carbonyl (C=O) groups is 2. The van der Waals surface area contributed by atoms with Gasteiger partial charge in [-0.3, -0.25) is 14.3 Å². The van der Waals surface area contributed by atoms with E-state index in [9.17, 15) is 4.79 Å². The van der Waals surface area contributed by atoms with E-state index in [0.29, 0.717) is 32.8 Å². The van der Waals surface area contributed by atoms with Crippen LogP contribution in [0.25, 0.3) is 10.6 Å². The molecule has 34 heavy (non-hydrogen) atoms. The summed E-state index contributed by atoms with van der Waals surface area (Å²) < 4.78 is 1.56. The summed E-state index contributed by atoms with van der Waals surface area (Å²) in [6, 6.07) is 8.82. The number of amides is 1. The molecule has 0 saturated heterocycles. The van der Waals surface area contributed by atoms with E-state index in [4.69, 9.17) is 21.0 Å². The van der Waals surface area contributed by atoms with E-state index >= 15 is 0 Å². The van der Waals surface area contributed by atoms with Gasteiger partial charge >= 0.3 is 0 Å². The predicted octanol–water partition coefficient (Wildman–Crippen LogP) is 3.00. The fourth-order valence-electron chi connectivity index (χ4n) is 2.65. The molecule has 13 heteroatoms. The minimum absolute atomic E-state index is 0.294. The molecule has 1 amide bonds. The summed E-state index contributed by atoms with van der Waals surface area (Å²) in [5.41, 5.74) is 8.94. The first-order valence-electron chi connectivity index (χ1n) is 9.71. The molecule has 6 N–H and O–H groups in total. The Kier molecular flexibility index (Phi) is 7.61. The SMILES string of the molecule is CC(=O)O.Cn1cc(C(=O)Nc2cc(-c3nnc(Nc4ccc(N)c(C=N)c4)s3)ccn2)cn1. The van der Waals surface area contributed by atoms with Crippen LogP contribution in [-0.4, -0.2) is 48.2 Å². The molecule has 4 rings (SSSR count). The number of pyridine rings is 1. The van der Waals surface area contributed by atoms with E-state index in [1.54, 1.807) is 48.4 Å². The number of nitrogens with zero attached hydrogens (tertiary/aromatic N) is 5. The lowest BCUT2D eigenvalue weighted by Gasteiger charge is -2.05. The third-order valence-corrected chi connectivity index (χ3v) is 5.02. The summed E-state index contributed by atoms with van der Waals surface area (Å²) in [5.74, 6) is -0.724. The number of aromatic nitrogens is 5. The molecule has 0 atom stereocenters. The molecule has 4 aromatic rings. The second-order valence-electron chi connectivity index (χ2n) is 6.83. The summed E-state index contributed by atoms with van der Waals surface area (Å²) in [7, 11) is 1.74. The average Bonchev–Trinajstić information content (AvgIpc) is 3.44. The van der Waals surface area contributed by atoms with Gasteiger partial charge in [0, 0.05) is 55.1 Å². The molecule has 0 spiro atoms. The Bertz CT molecular complexity index is 1330. The summed E-state index contributed by atoms with van der Waals surface area (Å²) in [4.78, 5) is 25.5. The van der Waals surface area contributed by atoms with Crippen LogP contribution in [-0.2, 0) is 11.8 Å². The molecule has 12 nitrogen and oxygen atoms in total. The zero-order valence-corrected chi connectivity index (χ0v) is 19.0. The van der Waals surface area contributed by atoms with Gasteiger partial charge in [0.05, 0.1) is 11.8 Å². The van der Waals surface area contributed by atoms with E-state index in [2.05, 4.69) is 30.9 Å². The van der Waals surface area contributed by atoms with Crippen molar-refractivity contribution in [1.82, 2.24) is 25.0 Å². The van der Waals surface area contributed by atoms with Crippen LogP contribution in [0.1, 0.15) is 22.8 Å². The van der Waals surface area contributed by atoms with E-state index in [-0.39, 0.29) is 5.91 Å². The Morgan fingerprint density at radius 2 is 2.00 bits per heavy atom. The Hall–Kier alpha value is -4.65. The van der Waals surface area contributed by atoms with Gasteiger partial charge in [-0.2, -0.15) is 5.10 Å². The number of nitrogen functional groups attached to an aromatic ring is 1. The first kappa shape index (κ1) is 24.0. The summed E-state index contributed by atoms with van der Waals surface area (Å²) in [6.07, 6.45) is 5.91. The van der Waals surface area contributed by atoms with Gasteiger partial charge in [-0.05, 0) is 30.3 Å². The number of hydrogen-bond acceptors (Lipinski definition) is 10. The van der Waals surface area contributed by atoms with E-state index < -0.39 is 5.97 Å². The maximum Gasteiger partial charge on any atom is 0.300 e. The Morgan fingerprint density at radius 3 is 2.68 bits per heavy atom. The van der Waals surface area contributed by atoms with Gasteiger partial charge in [-0.25, -0.2) is 4.98 Å². The Morgan fingerprint density at radius 1 is 1.24 bits per heavy atom. The molecule has 0 aliphatic carbocycles. The number of benzene rings is 1. The predicted molar refractivity (Wildman–Crippen MR) is 130 cm³/mol. The fourth-order valence-corrected chi connectivity index (χ4v) is 3.41. The van der Waals surface area contributed by atoms with Crippen LogP contribution in [0, 0.1) is 5.41 Å². The van der Waals surface area contributed by atoms with Crippen LogP contribution in [0.4, 0.5) is 22.3 Å². The highest BCUT2D eigenvalue weighted by atomic mass is 32.1. The number of carboxylic acids is 1. The van der Waals surface area contributed by atoms with Crippen molar-refractivity contribution in [3.8, 4) is 10.6 Å². The molecule has 0 saturated carbocycles. The normalized spacial score (nSPS) is 10.1. The number of hydrogen-bond donors (Lipinski definition) is 5. The van der Waals surface area contributed by atoms with Crippen LogP contribution in [0.2, 0.25) is 0 Å². The Balaban J connectivity index is 0.000000751. The average molecular weight is 480 g/mol. The molecule has 3 aromatic heterocycles. The van der Waals surface area contributed by atoms with E-state index in [0.717, 1.165) is 18.2 Å². The minimum Gasteiger partial charge on any atom is -0.481 e. The zero-order chi connectivity index (χ0) is 24.7. The molecule has 0 aliphatic rings. The highest BCUT2D eigenvalue weighted by molar-refractivity contribution is 7.18. The third-order valence-electron chi connectivity index (χ3n) is 4.13. The van der Waals surface area contributed by atoms with Crippen LogP contribution in [0.3, 0.4) is 0 Å². The van der Waals surface area contributed by atoms with Crippen molar-refractivity contribution in [3.05, 3.63) is 60.0 Å². The minimum atomic E-state index is -0.833. The van der Waals surface area contributed by atoms with Crippen LogP contribution >= 0.6 is 11.3 Å². The number of nitrogens with two attached hydrogens (primary N) is 1. The second-order valence-corrected chi connectivity index (χ2v) is 7.81. The molecular weight excluding hydrogens is 458 g/mol. The molecule has 0 bridgehead atoms. The molecule has 0 aliphatic heterocycles. The van der Waals surface area contributed by atoms with Crippen LogP contribution < -0.4 is 16.4 Å². The number of carbonyl (C=O) groups excluding carboxylic acids is 1.